The summed E-state index contributed by atoms with van der Waals surface area (Å²) in [6.07, 6.45) is -0.950. The molecule has 32 heavy (non-hydrogen) atoms. The number of aliphatic hydroxyl groups is 4. The first-order chi connectivity index (χ1) is 14.5. The molecule has 0 unspecified atom stereocenters. The van der Waals surface area contributed by atoms with Gasteiger partial charge >= 0.3 is 11.9 Å². The standard InChI is InChI=1S/C24H38O8/c1-12(25)31-18-10-23-11-21(5,28)14(19(23)32-13(2)26)7-8-15(23)22(6,29)16-9-17(27)20(3,4)24(16,18)30/h14-19,27-30H,7-11H2,1-6H3/t14-,15+,16+,17+,18-,19-,21-,22-,23+,24+/m1/s1. The number of fused-ring (bicyclic) bond motifs is 2. The van der Waals surface area contributed by atoms with Crippen LogP contribution in [0.4, 0.5) is 0 Å². The Bertz CT molecular complexity index is 819. The maximum atomic E-state index is 12.2. The van der Waals surface area contributed by atoms with Crippen LogP contribution >= 0.6 is 0 Å². The molecule has 0 aliphatic heterocycles. The molecule has 0 aromatic rings. The highest BCUT2D eigenvalue weighted by Gasteiger charge is 2.77. The van der Waals surface area contributed by atoms with Crippen LogP contribution < -0.4 is 0 Å². The minimum Gasteiger partial charge on any atom is -0.462 e. The van der Waals surface area contributed by atoms with E-state index < -0.39 is 69.7 Å². The van der Waals surface area contributed by atoms with Gasteiger partial charge in [-0.05, 0) is 51.9 Å². The third-order valence-electron chi connectivity index (χ3n) is 9.80. The van der Waals surface area contributed by atoms with Crippen LogP contribution in [0.3, 0.4) is 0 Å². The Hall–Kier alpha value is -1.22. The molecule has 8 heteroatoms. The van der Waals surface area contributed by atoms with E-state index in [2.05, 4.69) is 0 Å². The number of carbonyl (C=O) groups excluding carboxylic acids is 2. The van der Waals surface area contributed by atoms with Crippen molar-refractivity contribution in [3.8, 4) is 0 Å². The minimum absolute atomic E-state index is 0.126. The molecule has 4 aliphatic rings. The lowest BCUT2D eigenvalue weighted by Crippen LogP contribution is -2.61. The van der Waals surface area contributed by atoms with Crippen molar-refractivity contribution < 1.29 is 39.5 Å². The van der Waals surface area contributed by atoms with E-state index in [1.54, 1.807) is 27.7 Å². The quantitative estimate of drug-likeness (QED) is 0.459. The van der Waals surface area contributed by atoms with Gasteiger partial charge in [-0.2, -0.15) is 0 Å². The Morgan fingerprint density at radius 3 is 2.06 bits per heavy atom. The van der Waals surface area contributed by atoms with Gasteiger partial charge in [0.1, 0.15) is 17.8 Å². The van der Waals surface area contributed by atoms with E-state index in [0.29, 0.717) is 12.8 Å². The first-order valence-corrected chi connectivity index (χ1v) is 11.7. The molecule has 0 radical (unpaired) electrons. The molecule has 0 amide bonds. The number of aliphatic hydroxyl groups excluding tert-OH is 1. The van der Waals surface area contributed by atoms with E-state index in [9.17, 15) is 30.0 Å². The summed E-state index contributed by atoms with van der Waals surface area (Å²) in [6.45, 7) is 9.47. The molecular formula is C24H38O8. The average Bonchev–Trinajstić information content (AvgIpc) is 2.86. The van der Waals surface area contributed by atoms with Gasteiger partial charge in [0.25, 0.3) is 0 Å². The van der Waals surface area contributed by atoms with E-state index in [0.717, 1.165) is 0 Å². The fourth-order valence-corrected chi connectivity index (χ4v) is 8.44. The van der Waals surface area contributed by atoms with E-state index in [-0.39, 0.29) is 25.2 Å². The Balaban J connectivity index is 1.95. The SMILES string of the molecule is CC(=O)O[C@@H]1[C@H]2CC[C@H]3[C@@](C)(O)[C@@H]4C[C@H](O)C(C)(C)[C@@]4(O)[C@H](OC(C)=O)C[C@@]13C[C@@]2(C)O. The van der Waals surface area contributed by atoms with E-state index >= 15 is 0 Å². The molecule has 0 heterocycles. The van der Waals surface area contributed by atoms with Crippen molar-refractivity contribution in [2.75, 3.05) is 0 Å². The number of hydrogen-bond donors (Lipinski definition) is 4. The molecule has 8 nitrogen and oxygen atoms in total. The van der Waals surface area contributed by atoms with Crippen molar-refractivity contribution >= 4 is 11.9 Å². The average molecular weight is 455 g/mol. The van der Waals surface area contributed by atoms with Crippen molar-refractivity contribution in [2.24, 2.45) is 28.6 Å². The molecule has 182 valence electrons. The predicted molar refractivity (Wildman–Crippen MR) is 113 cm³/mol. The van der Waals surface area contributed by atoms with Crippen molar-refractivity contribution in [3.05, 3.63) is 0 Å². The lowest BCUT2D eigenvalue weighted by Gasteiger charge is -2.51. The molecule has 4 N–H and O–H groups in total. The number of rotatable bonds is 2. The highest BCUT2D eigenvalue weighted by Crippen LogP contribution is 2.70. The molecule has 4 aliphatic carbocycles. The van der Waals surface area contributed by atoms with Crippen LogP contribution in [0.5, 0.6) is 0 Å². The van der Waals surface area contributed by atoms with Gasteiger partial charge in [0, 0.05) is 36.5 Å². The maximum absolute atomic E-state index is 12.2. The summed E-state index contributed by atoms with van der Waals surface area (Å²) in [7, 11) is 0. The van der Waals surface area contributed by atoms with Crippen LogP contribution in [-0.2, 0) is 19.1 Å². The summed E-state index contributed by atoms with van der Waals surface area (Å²) >= 11 is 0. The molecular weight excluding hydrogens is 416 g/mol. The van der Waals surface area contributed by atoms with Crippen molar-refractivity contribution in [1.82, 2.24) is 0 Å². The molecule has 10 atom stereocenters. The van der Waals surface area contributed by atoms with Crippen molar-refractivity contribution in [3.63, 3.8) is 0 Å². The van der Waals surface area contributed by atoms with Crippen molar-refractivity contribution in [2.45, 2.75) is 109 Å². The maximum Gasteiger partial charge on any atom is 0.303 e. The summed E-state index contributed by atoms with van der Waals surface area (Å²) in [4.78, 5) is 24.3. The van der Waals surface area contributed by atoms with Crippen LogP contribution in [0, 0.1) is 28.6 Å². The largest absolute Gasteiger partial charge is 0.462 e. The van der Waals surface area contributed by atoms with Gasteiger partial charge in [-0.3, -0.25) is 9.59 Å². The molecule has 0 aromatic carbocycles. The minimum atomic E-state index is -1.71. The second kappa shape index (κ2) is 6.90. The monoisotopic (exact) mass is 454 g/mol. The topological polar surface area (TPSA) is 134 Å². The lowest BCUT2D eigenvalue weighted by atomic mass is 9.57. The van der Waals surface area contributed by atoms with Crippen LogP contribution in [0.15, 0.2) is 0 Å². The number of carbonyl (C=O) groups is 2. The Morgan fingerprint density at radius 2 is 1.50 bits per heavy atom. The molecule has 0 aromatic heterocycles. The summed E-state index contributed by atoms with van der Waals surface area (Å²) in [6, 6.07) is 0. The van der Waals surface area contributed by atoms with Crippen LogP contribution in [-0.4, -0.2) is 67.5 Å². The molecule has 4 rings (SSSR count). The third kappa shape index (κ3) is 2.88. The molecule has 1 spiro atoms. The molecule has 4 fully saturated rings. The van der Waals surface area contributed by atoms with Crippen molar-refractivity contribution in [1.29, 1.82) is 0 Å². The molecule has 0 saturated heterocycles. The zero-order valence-electron chi connectivity index (χ0n) is 19.9. The Morgan fingerprint density at radius 1 is 0.906 bits per heavy atom. The highest BCUT2D eigenvalue weighted by atomic mass is 16.6. The van der Waals surface area contributed by atoms with Gasteiger partial charge in [-0.25, -0.2) is 0 Å². The Labute approximate surface area is 189 Å². The first kappa shape index (κ1) is 23.9. The fraction of sp³-hybridized carbons (Fsp3) is 0.917. The second-order valence-electron chi connectivity index (χ2n) is 11.9. The molecule has 4 saturated carbocycles. The van der Waals surface area contributed by atoms with Gasteiger partial charge in [-0.1, -0.05) is 13.8 Å². The first-order valence-electron chi connectivity index (χ1n) is 11.7. The van der Waals surface area contributed by atoms with Gasteiger partial charge in [0.2, 0.25) is 0 Å². The number of esters is 2. The summed E-state index contributed by atoms with van der Waals surface area (Å²) < 4.78 is 11.6. The van der Waals surface area contributed by atoms with Gasteiger partial charge in [0.15, 0.2) is 0 Å². The Kier molecular flexibility index (Phi) is 5.16. The lowest BCUT2D eigenvalue weighted by molar-refractivity contribution is -0.213. The smallest absolute Gasteiger partial charge is 0.303 e. The number of ether oxygens (including phenoxy) is 2. The van der Waals surface area contributed by atoms with Gasteiger partial charge < -0.3 is 29.9 Å². The highest BCUT2D eigenvalue weighted by molar-refractivity contribution is 5.67. The van der Waals surface area contributed by atoms with Crippen LogP contribution in [0.2, 0.25) is 0 Å². The normalized spacial score (nSPS) is 53.7. The third-order valence-corrected chi connectivity index (χ3v) is 9.80. The predicted octanol–water partition coefficient (Wildman–Crippen LogP) is 1.31. The zero-order chi connectivity index (χ0) is 24.1. The van der Waals surface area contributed by atoms with Crippen LogP contribution in [0.25, 0.3) is 0 Å². The summed E-state index contributed by atoms with van der Waals surface area (Å²) in [5.41, 5.74) is -6.25. The van der Waals surface area contributed by atoms with Gasteiger partial charge in [-0.15, -0.1) is 0 Å². The number of hydrogen-bond acceptors (Lipinski definition) is 8. The fourth-order valence-electron chi connectivity index (χ4n) is 8.44. The van der Waals surface area contributed by atoms with Gasteiger partial charge in [0.05, 0.1) is 17.3 Å². The van der Waals surface area contributed by atoms with Crippen LogP contribution in [0.1, 0.15) is 73.6 Å². The zero-order valence-corrected chi connectivity index (χ0v) is 19.9. The van der Waals surface area contributed by atoms with E-state index in [4.69, 9.17) is 9.47 Å². The van der Waals surface area contributed by atoms with E-state index in [1.807, 2.05) is 0 Å². The second-order valence-corrected chi connectivity index (χ2v) is 11.9. The summed E-state index contributed by atoms with van der Waals surface area (Å²) in [5.74, 6) is -2.56. The van der Waals surface area contributed by atoms with E-state index in [1.165, 1.54) is 13.8 Å². The molecule has 2 bridgehead atoms. The summed E-state index contributed by atoms with van der Waals surface area (Å²) in [5, 5.41) is 46.6.